The molecule has 0 saturated heterocycles. The van der Waals surface area contributed by atoms with Gasteiger partial charge < -0.3 is 9.47 Å². The average Bonchev–Trinajstić information content (AvgIpc) is 2.17. The van der Waals surface area contributed by atoms with Crippen molar-refractivity contribution in [3.05, 3.63) is 18.3 Å². The van der Waals surface area contributed by atoms with Crippen LogP contribution >= 0.6 is 0 Å². The molecule has 12 heavy (non-hydrogen) atoms. The molecule has 4 heteroatoms. The lowest BCUT2D eigenvalue weighted by atomic mass is 10.4. The van der Waals surface area contributed by atoms with E-state index in [-0.39, 0.29) is 6.23 Å². The maximum absolute atomic E-state index is 5.48. The van der Waals surface area contributed by atoms with Gasteiger partial charge in [-0.05, 0) is 19.2 Å². The molecule has 1 aromatic rings. The third kappa shape index (κ3) is 1.21. The standard InChI is InChI=1S/C8H10N2O2/c1-9-7-5-11-8-6(12-7)3-2-4-10-8/h2-4,7,9H,5H2,1H3. The van der Waals surface area contributed by atoms with Gasteiger partial charge in [0.1, 0.15) is 6.61 Å². The van der Waals surface area contributed by atoms with Gasteiger partial charge in [-0.3, -0.25) is 5.32 Å². The molecule has 0 spiro atoms. The molecule has 0 aromatic carbocycles. The van der Waals surface area contributed by atoms with Crippen molar-refractivity contribution in [3.63, 3.8) is 0 Å². The lowest BCUT2D eigenvalue weighted by Crippen LogP contribution is -2.39. The van der Waals surface area contributed by atoms with Crippen LogP contribution in [0, 0.1) is 0 Å². The van der Waals surface area contributed by atoms with Crippen molar-refractivity contribution < 1.29 is 9.47 Å². The van der Waals surface area contributed by atoms with Crippen molar-refractivity contribution >= 4 is 0 Å². The van der Waals surface area contributed by atoms with Gasteiger partial charge in [0, 0.05) is 6.20 Å². The SMILES string of the molecule is CNC1COc2ncccc2O1. The maximum Gasteiger partial charge on any atom is 0.257 e. The number of ether oxygens (including phenoxy) is 2. The quantitative estimate of drug-likeness (QED) is 0.655. The number of hydrogen-bond acceptors (Lipinski definition) is 4. The number of nitrogens with one attached hydrogen (secondary N) is 1. The van der Waals surface area contributed by atoms with Crippen LogP contribution < -0.4 is 14.8 Å². The Morgan fingerprint density at radius 3 is 3.42 bits per heavy atom. The number of likely N-dealkylation sites (N-methyl/N-ethyl adjacent to an activating group) is 1. The molecule has 0 radical (unpaired) electrons. The fourth-order valence-corrected chi connectivity index (χ4v) is 1.06. The fourth-order valence-electron chi connectivity index (χ4n) is 1.06. The van der Waals surface area contributed by atoms with Crippen LogP contribution in [-0.4, -0.2) is 24.9 Å². The highest BCUT2D eigenvalue weighted by Gasteiger charge is 2.19. The molecule has 0 aliphatic carbocycles. The molecule has 1 aliphatic rings. The molecule has 1 aromatic heterocycles. The molecule has 64 valence electrons. The first-order valence-electron chi connectivity index (χ1n) is 3.82. The first-order chi connectivity index (χ1) is 5.90. The van der Waals surface area contributed by atoms with E-state index in [1.54, 1.807) is 6.20 Å². The largest absolute Gasteiger partial charge is 0.470 e. The molecule has 2 heterocycles. The number of nitrogens with zero attached hydrogens (tertiary/aromatic N) is 1. The second kappa shape index (κ2) is 2.98. The van der Waals surface area contributed by atoms with Crippen LogP contribution in [0.2, 0.25) is 0 Å². The van der Waals surface area contributed by atoms with Crippen molar-refractivity contribution in [1.82, 2.24) is 10.3 Å². The Bertz CT molecular complexity index is 278. The van der Waals surface area contributed by atoms with E-state index in [2.05, 4.69) is 10.3 Å². The molecule has 1 atom stereocenters. The third-order valence-corrected chi connectivity index (χ3v) is 1.70. The summed E-state index contributed by atoms with van der Waals surface area (Å²) in [6.45, 7) is 0.501. The molecule has 2 rings (SSSR count). The zero-order valence-electron chi connectivity index (χ0n) is 6.78. The highest BCUT2D eigenvalue weighted by molar-refractivity contribution is 5.33. The molecule has 0 amide bonds. The molecule has 4 nitrogen and oxygen atoms in total. The topological polar surface area (TPSA) is 43.4 Å². The van der Waals surface area contributed by atoms with Crippen molar-refractivity contribution in [2.45, 2.75) is 6.23 Å². The normalized spacial score (nSPS) is 20.6. The highest BCUT2D eigenvalue weighted by Crippen LogP contribution is 2.27. The lowest BCUT2D eigenvalue weighted by Gasteiger charge is -2.24. The minimum Gasteiger partial charge on any atom is -0.470 e. The van der Waals surface area contributed by atoms with Crippen molar-refractivity contribution in [2.75, 3.05) is 13.7 Å². The molecule has 1 unspecified atom stereocenters. The van der Waals surface area contributed by atoms with Crippen LogP contribution in [0.15, 0.2) is 18.3 Å². The van der Waals surface area contributed by atoms with Crippen LogP contribution in [0.4, 0.5) is 0 Å². The molecule has 0 saturated carbocycles. The van der Waals surface area contributed by atoms with Crippen LogP contribution in [-0.2, 0) is 0 Å². The summed E-state index contributed by atoms with van der Waals surface area (Å²) in [6, 6.07) is 3.66. The minimum absolute atomic E-state index is 0.0679. The summed E-state index contributed by atoms with van der Waals surface area (Å²) in [4.78, 5) is 4.01. The smallest absolute Gasteiger partial charge is 0.257 e. The zero-order chi connectivity index (χ0) is 8.39. The van der Waals surface area contributed by atoms with E-state index in [0.29, 0.717) is 18.2 Å². The minimum atomic E-state index is -0.0679. The summed E-state index contributed by atoms with van der Waals surface area (Å²) in [6.07, 6.45) is 1.61. The van der Waals surface area contributed by atoms with Gasteiger partial charge in [-0.15, -0.1) is 0 Å². The van der Waals surface area contributed by atoms with E-state index in [4.69, 9.17) is 9.47 Å². The zero-order valence-corrected chi connectivity index (χ0v) is 6.78. The van der Waals surface area contributed by atoms with E-state index in [1.165, 1.54) is 0 Å². The van der Waals surface area contributed by atoms with Gasteiger partial charge in [-0.2, -0.15) is 0 Å². The Balaban J connectivity index is 2.23. The van der Waals surface area contributed by atoms with Gasteiger partial charge in [-0.1, -0.05) is 0 Å². The second-order valence-corrected chi connectivity index (χ2v) is 2.51. The van der Waals surface area contributed by atoms with E-state index in [1.807, 2.05) is 19.2 Å². The lowest BCUT2D eigenvalue weighted by molar-refractivity contribution is 0.0682. The van der Waals surface area contributed by atoms with E-state index >= 15 is 0 Å². The van der Waals surface area contributed by atoms with Crippen LogP contribution in [0.1, 0.15) is 0 Å². The summed E-state index contributed by atoms with van der Waals surface area (Å²) in [5, 5.41) is 2.97. The predicted molar refractivity (Wildman–Crippen MR) is 43.2 cm³/mol. The highest BCUT2D eigenvalue weighted by atomic mass is 16.6. The van der Waals surface area contributed by atoms with Gasteiger partial charge in [0.05, 0.1) is 0 Å². The van der Waals surface area contributed by atoms with Gasteiger partial charge in [-0.25, -0.2) is 4.98 Å². The first-order valence-corrected chi connectivity index (χ1v) is 3.82. The monoisotopic (exact) mass is 166 g/mol. The van der Waals surface area contributed by atoms with Gasteiger partial charge >= 0.3 is 0 Å². The Kier molecular flexibility index (Phi) is 1.83. The summed E-state index contributed by atoms with van der Waals surface area (Å²) < 4.78 is 10.8. The molecule has 0 fully saturated rings. The van der Waals surface area contributed by atoms with Gasteiger partial charge in [0.25, 0.3) is 5.88 Å². The average molecular weight is 166 g/mol. The van der Waals surface area contributed by atoms with Crippen molar-refractivity contribution in [2.24, 2.45) is 0 Å². The summed E-state index contributed by atoms with van der Waals surface area (Å²) >= 11 is 0. The third-order valence-electron chi connectivity index (χ3n) is 1.70. The molecular weight excluding hydrogens is 156 g/mol. The Morgan fingerprint density at radius 1 is 1.67 bits per heavy atom. The maximum atomic E-state index is 5.48. The summed E-state index contributed by atoms with van der Waals surface area (Å²) in [5.41, 5.74) is 0. The Hall–Kier alpha value is -1.29. The first kappa shape index (κ1) is 7.36. The van der Waals surface area contributed by atoms with Crippen molar-refractivity contribution in [3.8, 4) is 11.6 Å². The number of pyridine rings is 1. The Labute approximate surface area is 70.5 Å². The Morgan fingerprint density at radius 2 is 2.58 bits per heavy atom. The second-order valence-electron chi connectivity index (χ2n) is 2.51. The van der Waals surface area contributed by atoms with E-state index in [9.17, 15) is 0 Å². The number of aromatic nitrogens is 1. The molecule has 1 N–H and O–H groups in total. The molecule has 1 aliphatic heterocycles. The van der Waals surface area contributed by atoms with E-state index < -0.39 is 0 Å². The molecular formula is C8H10N2O2. The number of fused-ring (bicyclic) bond motifs is 1. The van der Waals surface area contributed by atoms with Crippen LogP contribution in [0.5, 0.6) is 11.6 Å². The van der Waals surface area contributed by atoms with Crippen LogP contribution in [0.25, 0.3) is 0 Å². The van der Waals surface area contributed by atoms with Crippen molar-refractivity contribution in [1.29, 1.82) is 0 Å². The molecule has 0 bridgehead atoms. The summed E-state index contributed by atoms with van der Waals surface area (Å²) in [7, 11) is 1.83. The van der Waals surface area contributed by atoms with Gasteiger partial charge in [0.2, 0.25) is 0 Å². The number of hydrogen-bond donors (Lipinski definition) is 1. The fraction of sp³-hybridized carbons (Fsp3) is 0.375. The summed E-state index contributed by atoms with van der Waals surface area (Å²) in [5.74, 6) is 1.27. The van der Waals surface area contributed by atoms with Gasteiger partial charge in [0.15, 0.2) is 12.0 Å². The van der Waals surface area contributed by atoms with E-state index in [0.717, 1.165) is 0 Å². The van der Waals surface area contributed by atoms with Crippen LogP contribution in [0.3, 0.4) is 0 Å². The number of rotatable bonds is 1. The predicted octanol–water partition coefficient (Wildman–Crippen LogP) is 0.398.